The second-order valence-electron chi connectivity index (χ2n) is 5.63. The number of fused-ring (bicyclic) bond motifs is 1. The van der Waals surface area contributed by atoms with Crippen LogP contribution in [0, 0.1) is 0 Å². The second kappa shape index (κ2) is 5.80. The molecule has 1 aliphatic heterocycles. The molecule has 0 atom stereocenters. The summed E-state index contributed by atoms with van der Waals surface area (Å²) < 4.78 is 39.4. The highest BCUT2D eigenvalue weighted by Gasteiger charge is 2.38. The molecule has 3 rings (SSSR count). The summed E-state index contributed by atoms with van der Waals surface area (Å²) in [7, 11) is 3.35. The van der Waals surface area contributed by atoms with Crippen molar-refractivity contribution in [1.29, 1.82) is 0 Å². The highest BCUT2D eigenvalue weighted by molar-refractivity contribution is 5.74. The van der Waals surface area contributed by atoms with Gasteiger partial charge < -0.3 is 14.7 Å². The van der Waals surface area contributed by atoms with Gasteiger partial charge in [0.1, 0.15) is 5.82 Å². The number of hydrogen-bond donors (Lipinski definition) is 0. The lowest BCUT2D eigenvalue weighted by atomic mass is 10.3. The molecule has 1 fully saturated rings. The van der Waals surface area contributed by atoms with Crippen molar-refractivity contribution < 1.29 is 18.0 Å². The van der Waals surface area contributed by atoms with Crippen LogP contribution < -0.4 is 4.90 Å². The third-order valence-electron chi connectivity index (χ3n) is 3.76. The Balaban J connectivity index is 1.80. The molecule has 11 heteroatoms. The highest BCUT2D eigenvalue weighted by atomic mass is 19.4. The minimum absolute atomic E-state index is 0.0347. The molecule has 2 aromatic rings. The van der Waals surface area contributed by atoms with Gasteiger partial charge in [0.2, 0.25) is 0 Å². The van der Waals surface area contributed by atoms with E-state index < -0.39 is 12.0 Å². The van der Waals surface area contributed by atoms with Crippen molar-refractivity contribution >= 4 is 17.5 Å². The molecular formula is C13H16F3N7O. The van der Waals surface area contributed by atoms with Gasteiger partial charge in [0.15, 0.2) is 5.65 Å². The van der Waals surface area contributed by atoms with E-state index in [9.17, 15) is 18.0 Å². The first kappa shape index (κ1) is 16.3. The van der Waals surface area contributed by atoms with Gasteiger partial charge >= 0.3 is 12.2 Å². The van der Waals surface area contributed by atoms with E-state index in [0.717, 1.165) is 0 Å². The van der Waals surface area contributed by atoms with Crippen LogP contribution in [0.1, 0.15) is 5.82 Å². The predicted octanol–water partition coefficient (Wildman–Crippen LogP) is 0.947. The fraction of sp³-hybridized carbons (Fsp3) is 0.538. The first-order chi connectivity index (χ1) is 11.3. The average Bonchev–Trinajstić information content (AvgIpc) is 2.97. The number of urea groups is 1. The van der Waals surface area contributed by atoms with E-state index in [1.165, 1.54) is 11.0 Å². The number of aromatic nitrogens is 4. The van der Waals surface area contributed by atoms with Crippen molar-refractivity contribution in [2.45, 2.75) is 6.18 Å². The van der Waals surface area contributed by atoms with E-state index in [0.29, 0.717) is 36.5 Å². The third kappa shape index (κ3) is 2.93. The van der Waals surface area contributed by atoms with Crippen LogP contribution in [0.2, 0.25) is 0 Å². The molecule has 0 radical (unpaired) electrons. The van der Waals surface area contributed by atoms with Gasteiger partial charge in [0, 0.05) is 40.3 Å². The molecule has 0 aromatic carbocycles. The first-order valence-electron chi connectivity index (χ1n) is 7.28. The monoisotopic (exact) mass is 343 g/mol. The summed E-state index contributed by atoms with van der Waals surface area (Å²) in [5.41, 5.74) is 0.0347. The summed E-state index contributed by atoms with van der Waals surface area (Å²) in [5.74, 6) is -0.759. The van der Waals surface area contributed by atoms with Crippen LogP contribution in [-0.4, -0.2) is 75.9 Å². The zero-order valence-corrected chi connectivity index (χ0v) is 13.2. The fourth-order valence-corrected chi connectivity index (χ4v) is 2.53. The molecule has 0 saturated carbocycles. The van der Waals surface area contributed by atoms with E-state index >= 15 is 0 Å². The summed E-state index contributed by atoms with van der Waals surface area (Å²) in [4.78, 5) is 16.9. The molecule has 0 aliphatic carbocycles. The van der Waals surface area contributed by atoms with Crippen molar-refractivity contribution in [3.05, 3.63) is 18.0 Å². The molecule has 0 spiro atoms. The van der Waals surface area contributed by atoms with Crippen LogP contribution in [0.4, 0.5) is 23.8 Å². The van der Waals surface area contributed by atoms with Crippen LogP contribution in [0.3, 0.4) is 0 Å². The molecule has 0 N–H and O–H groups in total. The van der Waals surface area contributed by atoms with E-state index in [-0.39, 0.29) is 11.7 Å². The molecule has 8 nitrogen and oxygen atoms in total. The Hall–Kier alpha value is -2.59. The number of alkyl halides is 3. The Labute approximate surface area is 135 Å². The predicted molar refractivity (Wildman–Crippen MR) is 78.7 cm³/mol. The van der Waals surface area contributed by atoms with Crippen molar-refractivity contribution in [3.8, 4) is 0 Å². The minimum Gasteiger partial charge on any atom is -0.352 e. The van der Waals surface area contributed by atoms with Crippen LogP contribution in [0.5, 0.6) is 0 Å². The molecule has 0 unspecified atom stereocenters. The number of halogens is 3. The number of carbonyl (C=O) groups excluding carboxylic acids is 1. The Morgan fingerprint density at radius 2 is 1.79 bits per heavy atom. The second-order valence-corrected chi connectivity index (χ2v) is 5.63. The van der Waals surface area contributed by atoms with Crippen LogP contribution in [0.25, 0.3) is 5.65 Å². The molecule has 2 amide bonds. The van der Waals surface area contributed by atoms with Gasteiger partial charge in [-0.25, -0.2) is 4.79 Å². The van der Waals surface area contributed by atoms with Gasteiger partial charge in [-0.05, 0) is 12.1 Å². The van der Waals surface area contributed by atoms with Gasteiger partial charge in [-0.2, -0.15) is 17.7 Å². The molecule has 0 bridgehead atoms. The number of piperazine rings is 1. The molecule has 2 aromatic heterocycles. The Morgan fingerprint density at radius 1 is 1.12 bits per heavy atom. The lowest BCUT2D eigenvalue weighted by molar-refractivity contribution is -0.146. The quantitative estimate of drug-likeness (QED) is 0.771. The summed E-state index contributed by atoms with van der Waals surface area (Å²) in [6.45, 7) is 1.93. The van der Waals surface area contributed by atoms with Gasteiger partial charge in [-0.1, -0.05) is 0 Å². The van der Waals surface area contributed by atoms with Gasteiger partial charge in [0.25, 0.3) is 5.82 Å². The number of hydrogen-bond acceptors (Lipinski definition) is 5. The van der Waals surface area contributed by atoms with E-state index in [4.69, 9.17) is 0 Å². The number of rotatable bonds is 1. The fourth-order valence-electron chi connectivity index (χ4n) is 2.53. The number of anilines is 1. The molecule has 1 saturated heterocycles. The molecular weight excluding hydrogens is 327 g/mol. The highest BCUT2D eigenvalue weighted by Crippen LogP contribution is 2.28. The standard InChI is InChI=1S/C13H16F3N7O/c1-20(2)12(24)22-7-5-21(6-8-22)10-4-3-9-17-18-11(13(14,15)16)23(9)19-10/h3-4H,5-8H2,1-2H3. The maximum atomic E-state index is 12.9. The maximum Gasteiger partial charge on any atom is 0.453 e. The number of carbonyl (C=O) groups is 1. The summed E-state index contributed by atoms with van der Waals surface area (Å²) in [5, 5.41) is 10.6. The number of nitrogens with zero attached hydrogens (tertiary/aromatic N) is 7. The Morgan fingerprint density at radius 3 is 2.38 bits per heavy atom. The first-order valence-corrected chi connectivity index (χ1v) is 7.28. The molecule has 24 heavy (non-hydrogen) atoms. The number of amides is 2. The van der Waals surface area contributed by atoms with Gasteiger partial charge in [-0.15, -0.1) is 15.3 Å². The average molecular weight is 343 g/mol. The van der Waals surface area contributed by atoms with E-state index in [2.05, 4.69) is 15.3 Å². The van der Waals surface area contributed by atoms with Crippen molar-refractivity contribution in [2.24, 2.45) is 0 Å². The van der Waals surface area contributed by atoms with Crippen molar-refractivity contribution in [2.75, 3.05) is 45.2 Å². The minimum atomic E-state index is -4.62. The smallest absolute Gasteiger partial charge is 0.352 e. The summed E-state index contributed by atoms with van der Waals surface area (Å²) in [6.07, 6.45) is -4.62. The van der Waals surface area contributed by atoms with Crippen LogP contribution in [0.15, 0.2) is 12.1 Å². The zero-order chi connectivity index (χ0) is 17.5. The molecule has 130 valence electrons. The lowest BCUT2D eigenvalue weighted by Gasteiger charge is -2.36. The maximum absolute atomic E-state index is 12.9. The summed E-state index contributed by atoms with van der Waals surface area (Å²) in [6, 6.07) is 2.96. The van der Waals surface area contributed by atoms with E-state index in [1.54, 1.807) is 25.1 Å². The van der Waals surface area contributed by atoms with Crippen molar-refractivity contribution in [3.63, 3.8) is 0 Å². The Bertz CT molecular complexity index is 750. The van der Waals surface area contributed by atoms with Gasteiger partial charge in [-0.3, -0.25) is 0 Å². The van der Waals surface area contributed by atoms with E-state index in [1.807, 2.05) is 4.90 Å². The molecule has 1 aliphatic rings. The van der Waals surface area contributed by atoms with Crippen molar-refractivity contribution in [1.82, 2.24) is 29.6 Å². The zero-order valence-electron chi connectivity index (χ0n) is 13.2. The lowest BCUT2D eigenvalue weighted by Crippen LogP contribution is -2.51. The largest absolute Gasteiger partial charge is 0.453 e. The Kier molecular flexibility index (Phi) is 3.93. The van der Waals surface area contributed by atoms with Crippen LogP contribution >= 0.6 is 0 Å². The molecule has 3 heterocycles. The topological polar surface area (TPSA) is 69.9 Å². The summed E-state index contributed by atoms with van der Waals surface area (Å²) >= 11 is 0. The van der Waals surface area contributed by atoms with Crippen LogP contribution in [-0.2, 0) is 6.18 Å². The third-order valence-corrected chi connectivity index (χ3v) is 3.76. The SMILES string of the molecule is CN(C)C(=O)N1CCN(c2ccc3nnc(C(F)(F)F)n3n2)CC1. The van der Waals surface area contributed by atoms with Gasteiger partial charge in [0.05, 0.1) is 0 Å². The normalized spacial score (nSPS) is 15.9.